The summed E-state index contributed by atoms with van der Waals surface area (Å²) in [4.78, 5) is 21.1. The van der Waals surface area contributed by atoms with E-state index in [-0.39, 0.29) is 12.3 Å². The maximum absolute atomic E-state index is 11.5. The molecule has 2 aromatic heterocycles. The van der Waals surface area contributed by atoms with Crippen molar-refractivity contribution in [3.63, 3.8) is 0 Å². The minimum Gasteiger partial charge on any atom is -0.493 e. The molecule has 3 heterocycles. The number of nitrogens with zero attached hydrogens (tertiary/aromatic N) is 2. The topological polar surface area (TPSA) is 93.6 Å². The van der Waals surface area contributed by atoms with Gasteiger partial charge in [-0.1, -0.05) is 12.1 Å². The van der Waals surface area contributed by atoms with E-state index in [0.717, 1.165) is 60.0 Å². The predicted molar refractivity (Wildman–Crippen MR) is 129 cm³/mol. The Morgan fingerprint density at radius 2 is 1.97 bits per heavy atom. The Kier molecular flexibility index (Phi) is 7.44. The van der Waals surface area contributed by atoms with Crippen LogP contribution < -0.4 is 14.8 Å². The predicted octanol–water partition coefficient (Wildman–Crippen LogP) is 4.50. The lowest BCUT2D eigenvalue weighted by atomic mass is 9.91. The first-order valence-electron chi connectivity index (χ1n) is 11.2. The summed E-state index contributed by atoms with van der Waals surface area (Å²) in [5.74, 6) is 1.20. The zero-order chi connectivity index (χ0) is 23.2. The van der Waals surface area contributed by atoms with Crippen LogP contribution in [0.5, 0.6) is 11.5 Å². The first-order chi connectivity index (χ1) is 16.1. The number of pyridine rings is 1. The van der Waals surface area contributed by atoms with Crippen molar-refractivity contribution in [2.45, 2.75) is 44.4 Å². The summed E-state index contributed by atoms with van der Waals surface area (Å²) in [7, 11) is 3.16. The number of rotatable bonds is 10. The molecule has 1 atom stereocenters. The number of aliphatic carboxylic acids is 1. The van der Waals surface area contributed by atoms with Gasteiger partial charge in [-0.25, -0.2) is 9.97 Å². The van der Waals surface area contributed by atoms with Gasteiger partial charge in [0.05, 0.1) is 31.3 Å². The number of fused-ring (bicyclic) bond motifs is 1. The molecule has 0 amide bonds. The van der Waals surface area contributed by atoms with Crippen molar-refractivity contribution in [2.24, 2.45) is 0 Å². The second kappa shape index (κ2) is 10.7. The number of nitrogens with one attached hydrogen (secondary N) is 1. The number of thiazole rings is 1. The van der Waals surface area contributed by atoms with Crippen LogP contribution in [0.25, 0.3) is 0 Å². The maximum Gasteiger partial charge on any atom is 0.303 e. The number of hydrogen-bond acceptors (Lipinski definition) is 7. The first-order valence-corrected chi connectivity index (χ1v) is 12.0. The molecule has 33 heavy (non-hydrogen) atoms. The van der Waals surface area contributed by atoms with Crippen LogP contribution >= 0.6 is 11.3 Å². The average molecular weight is 468 g/mol. The fourth-order valence-corrected chi connectivity index (χ4v) is 4.99. The summed E-state index contributed by atoms with van der Waals surface area (Å²) in [6, 6.07) is 9.86. The standard InChI is InChI=1S/C25H29N3O4S/c1-31-21-9-6-17(13-22(21)32-2)18(14-24(29)30)12-20-15-33-23(27-20)10-8-19-7-5-16-4-3-11-26-25(16)28-19/h5-7,9,13,15,18H,3-4,8,10-12,14H2,1-2H3,(H,26,28)(H,29,30). The van der Waals surface area contributed by atoms with E-state index >= 15 is 0 Å². The van der Waals surface area contributed by atoms with Crippen LogP contribution in [0, 0.1) is 0 Å². The number of aryl methyl sites for hydroxylation is 3. The van der Waals surface area contributed by atoms with Gasteiger partial charge in [-0.2, -0.15) is 0 Å². The monoisotopic (exact) mass is 467 g/mol. The molecule has 8 heteroatoms. The molecule has 1 aliphatic heterocycles. The number of hydrogen-bond donors (Lipinski definition) is 2. The Morgan fingerprint density at radius 3 is 2.76 bits per heavy atom. The summed E-state index contributed by atoms with van der Waals surface area (Å²) in [5, 5.41) is 15.9. The van der Waals surface area contributed by atoms with E-state index in [1.807, 2.05) is 23.6 Å². The fourth-order valence-electron chi connectivity index (χ4n) is 4.18. The maximum atomic E-state index is 11.5. The van der Waals surface area contributed by atoms with Gasteiger partial charge in [-0.3, -0.25) is 4.79 Å². The molecule has 1 aliphatic rings. The third-order valence-corrected chi connectivity index (χ3v) is 6.86. The van der Waals surface area contributed by atoms with Crippen molar-refractivity contribution in [2.75, 3.05) is 26.1 Å². The van der Waals surface area contributed by atoms with E-state index in [0.29, 0.717) is 17.9 Å². The molecular formula is C25H29N3O4S. The number of ether oxygens (including phenoxy) is 2. The normalized spacial score (nSPS) is 13.6. The molecule has 4 rings (SSSR count). The molecular weight excluding hydrogens is 438 g/mol. The number of carboxylic acids is 1. The van der Waals surface area contributed by atoms with Crippen molar-refractivity contribution in [3.8, 4) is 11.5 Å². The van der Waals surface area contributed by atoms with E-state index < -0.39 is 5.97 Å². The van der Waals surface area contributed by atoms with E-state index in [1.165, 1.54) is 5.56 Å². The Hall–Kier alpha value is -3.13. The van der Waals surface area contributed by atoms with Crippen LogP contribution in [0.2, 0.25) is 0 Å². The minimum atomic E-state index is -0.836. The molecule has 7 nitrogen and oxygen atoms in total. The molecule has 0 bridgehead atoms. The number of aromatic nitrogens is 2. The van der Waals surface area contributed by atoms with E-state index in [9.17, 15) is 9.90 Å². The summed E-state index contributed by atoms with van der Waals surface area (Å²) in [5.41, 5.74) is 4.17. The van der Waals surface area contributed by atoms with Crippen molar-refractivity contribution >= 4 is 23.1 Å². The average Bonchev–Trinajstić information content (AvgIpc) is 3.28. The summed E-state index contributed by atoms with van der Waals surface area (Å²) >= 11 is 1.62. The number of carboxylic acid groups (broad SMARTS) is 1. The lowest BCUT2D eigenvalue weighted by molar-refractivity contribution is -0.137. The summed E-state index contributed by atoms with van der Waals surface area (Å²) in [6.07, 6.45) is 4.46. The third kappa shape index (κ3) is 5.82. The van der Waals surface area contributed by atoms with Crippen molar-refractivity contribution in [3.05, 3.63) is 63.2 Å². The molecule has 0 aliphatic carbocycles. The number of methoxy groups -OCH3 is 2. The largest absolute Gasteiger partial charge is 0.493 e. The Balaban J connectivity index is 1.43. The van der Waals surface area contributed by atoms with Gasteiger partial charge in [0, 0.05) is 30.0 Å². The van der Waals surface area contributed by atoms with Crippen molar-refractivity contribution in [1.29, 1.82) is 0 Å². The molecule has 0 spiro atoms. The quantitative estimate of drug-likeness (QED) is 0.453. The van der Waals surface area contributed by atoms with E-state index in [1.54, 1.807) is 25.6 Å². The molecule has 0 radical (unpaired) electrons. The number of anilines is 1. The molecule has 174 valence electrons. The highest BCUT2D eigenvalue weighted by atomic mass is 32.1. The van der Waals surface area contributed by atoms with Gasteiger partial charge in [0.1, 0.15) is 5.82 Å². The molecule has 1 unspecified atom stereocenters. The van der Waals surface area contributed by atoms with Gasteiger partial charge in [0.15, 0.2) is 11.5 Å². The second-order valence-electron chi connectivity index (χ2n) is 8.19. The van der Waals surface area contributed by atoms with Crippen LogP contribution in [0.3, 0.4) is 0 Å². The SMILES string of the molecule is COc1ccc(C(CC(=O)O)Cc2csc(CCc3ccc4c(n3)NCCC4)n2)cc1OC. The summed E-state index contributed by atoms with van der Waals surface area (Å²) in [6.45, 7) is 0.983. The molecule has 0 saturated carbocycles. The fraction of sp³-hybridized carbons (Fsp3) is 0.400. The minimum absolute atomic E-state index is 0.0222. The zero-order valence-electron chi connectivity index (χ0n) is 19.0. The molecule has 2 N–H and O–H groups in total. The van der Waals surface area contributed by atoms with Gasteiger partial charge in [-0.15, -0.1) is 11.3 Å². The van der Waals surface area contributed by atoms with E-state index in [2.05, 4.69) is 17.4 Å². The highest BCUT2D eigenvalue weighted by Crippen LogP contribution is 2.33. The van der Waals surface area contributed by atoms with Crippen LogP contribution in [0.1, 0.15) is 46.3 Å². The van der Waals surface area contributed by atoms with Crippen LogP contribution in [0.15, 0.2) is 35.7 Å². The zero-order valence-corrected chi connectivity index (χ0v) is 19.8. The Bertz CT molecular complexity index is 1110. The second-order valence-corrected chi connectivity index (χ2v) is 9.13. The van der Waals surface area contributed by atoms with Crippen molar-refractivity contribution < 1.29 is 19.4 Å². The molecule has 0 fully saturated rings. The molecule has 1 aromatic carbocycles. The highest BCUT2D eigenvalue weighted by Gasteiger charge is 2.20. The van der Waals surface area contributed by atoms with Gasteiger partial charge in [-0.05, 0) is 55.0 Å². The van der Waals surface area contributed by atoms with Crippen LogP contribution in [-0.2, 0) is 30.5 Å². The van der Waals surface area contributed by atoms with E-state index in [4.69, 9.17) is 19.4 Å². The van der Waals surface area contributed by atoms with Gasteiger partial charge < -0.3 is 19.9 Å². The van der Waals surface area contributed by atoms with Gasteiger partial charge in [0.25, 0.3) is 0 Å². The number of benzene rings is 1. The van der Waals surface area contributed by atoms with Gasteiger partial charge in [0.2, 0.25) is 0 Å². The van der Waals surface area contributed by atoms with Crippen molar-refractivity contribution in [1.82, 2.24) is 9.97 Å². The smallest absolute Gasteiger partial charge is 0.303 e. The Morgan fingerprint density at radius 1 is 1.12 bits per heavy atom. The molecule has 0 saturated heterocycles. The Labute approximate surface area is 197 Å². The highest BCUT2D eigenvalue weighted by molar-refractivity contribution is 7.09. The molecule has 3 aromatic rings. The third-order valence-electron chi connectivity index (χ3n) is 5.90. The van der Waals surface area contributed by atoms with Gasteiger partial charge >= 0.3 is 5.97 Å². The number of carbonyl (C=O) groups is 1. The lowest BCUT2D eigenvalue weighted by Gasteiger charge is -2.17. The first kappa shape index (κ1) is 23.0. The lowest BCUT2D eigenvalue weighted by Crippen LogP contribution is -2.14. The summed E-state index contributed by atoms with van der Waals surface area (Å²) < 4.78 is 10.7. The van der Waals surface area contributed by atoms with Crippen LogP contribution in [-0.4, -0.2) is 41.8 Å². The van der Waals surface area contributed by atoms with Crippen LogP contribution in [0.4, 0.5) is 5.82 Å².